The molecule has 1 N–H and O–H groups in total. The molecule has 0 saturated carbocycles. The van der Waals surface area contributed by atoms with E-state index in [1.807, 2.05) is 25.1 Å². The molecule has 2 aromatic carbocycles. The molecule has 0 bridgehead atoms. The van der Waals surface area contributed by atoms with Crippen LogP contribution in [0.1, 0.15) is 33.7 Å². The van der Waals surface area contributed by atoms with Crippen LogP contribution in [0.4, 0.5) is 0 Å². The summed E-state index contributed by atoms with van der Waals surface area (Å²) in [5.74, 6) is 0.939. The van der Waals surface area contributed by atoms with E-state index in [-0.39, 0.29) is 5.91 Å². The molecule has 2 heterocycles. The molecule has 0 radical (unpaired) electrons. The van der Waals surface area contributed by atoms with Gasteiger partial charge in [-0.15, -0.1) is 0 Å². The summed E-state index contributed by atoms with van der Waals surface area (Å²) in [7, 11) is 1.61. The highest BCUT2D eigenvalue weighted by atomic mass is 16.5. The molecule has 0 saturated heterocycles. The van der Waals surface area contributed by atoms with Gasteiger partial charge in [-0.25, -0.2) is 0 Å². The lowest BCUT2D eigenvalue weighted by molar-refractivity contribution is 0.0925. The standard InChI is InChI=1S/C22H24N2O3/c1-15-19-9-8-18(26-2)12-20(19)27-21(15)22(25)23-10-5-11-24-13-16-6-3-4-7-17(16)14-24/h3-4,6-9,12H,5,10-11,13-14H2,1-2H3,(H,23,25). The van der Waals surface area contributed by atoms with E-state index in [0.29, 0.717) is 17.9 Å². The number of hydrogen-bond donors (Lipinski definition) is 1. The molecular formula is C22H24N2O3. The van der Waals surface area contributed by atoms with Crippen molar-refractivity contribution in [3.8, 4) is 5.75 Å². The van der Waals surface area contributed by atoms with Crippen molar-refractivity contribution in [2.45, 2.75) is 26.4 Å². The van der Waals surface area contributed by atoms with Crippen molar-refractivity contribution in [2.75, 3.05) is 20.2 Å². The number of furan rings is 1. The predicted molar refractivity (Wildman–Crippen MR) is 105 cm³/mol. The Bertz CT molecular complexity index is 952. The Morgan fingerprint density at radius 2 is 1.93 bits per heavy atom. The molecule has 140 valence electrons. The Labute approximate surface area is 158 Å². The van der Waals surface area contributed by atoms with Gasteiger partial charge in [0.2, 0.25) is 0 Å². The third kappa shape index (κ3) is 3.55. The lowest BCUT2D eigenvalue weighted by atomic mass is 10.1. The predicted octanol–water partition coefficient (Wildman–Crippen LogP) is 3.89. The minimum absolute atomic E-state index is 0.160. The number of methoxy groups -OCH3 is 1. The van der Waals surface area contributed by atoms with Crippen LogP contribution in [0.3, 0.4) is 0 Å². The van der Waals surface area contributed by atoms with Crippen LogP contribution in [0, 0.1) is 6.92 Å². The molecule has 1 aliphatic heterocycles. The summed E-state index contributed by atoms with van der Waals surface area (Å²) in [6.45, 7) is 5.49. The Kier molecular flexibility index (Phi) is 4.86. The van der Waals surface area contributed by atoms with E-state index >= 15 is 0 Å². The second-order valence-electron chi connectivity index (χ2n) is 7.01. The monoisotopic (exact) mass is 364 g/mol. The zero-order valence-electron chi connectivity index (χ0n) is 15.7. The first-order valence-electron chi connectivity index (χ1n) is 9.30. The number of ether oxygens (including phenoxy) is 1. The first kappa shape index (κ1) is 17.6. The van der Waals surface area contributed by atoms with Crippen LogP contribution in [-0.2, 0) is 13.1 Å². The number of nitrogens with zero attached hydrogens (tertiary/aromatic N) is 1. The lowest BCUT2D eigenvalue weighted by Gasteiger charge is -2.14. The molecule has 1 amide bonds. The summed E-state index contributed by atoms with van der Waals surface area (Å²) >= 11 is 0. The molecular weight excluding hydrogens is 340 g/mol. The molecule has 5 nitrogen and oxygen atoms in total. The van der Waals surface area contributed by atoms with Crippen LogP contribution in [0.15, 0.2) is 46.9 Å². The highest BCUT2D eigenvalue weighted by molar-refractivity contribution is 5.99. The summed E-state index contributed by atoms with van der Waals surface area (Å²) in [6, 6.07) is 14.2. The smallest absolute Gasteiger partial charge is 0.287 e. The maximum atomic E-state index is 12.5. The molecule has 0 spiro atoms. The number of nitrogens with one attached hydrogen (secondary N) is 1. The van der Waals surface area contributed by atoms with Crippen molar-refractivity contribution in [1.29, 1.82) is 0 Å². The fraction of sp³-hybridized carbons (Fsp3) is 0.318. The van der Waals surface area contributed by atoms with Gasteiger partial charge in [-0.3, -0.25) is 9.69 Å². The first-order chi connectivity index (χ1) is 13.2. The van der Waals surface area contributed by atoms with Crippen LogP contribution in [0.25, 0.3) is 11.0 Å². The zero-order chi connectivity index (χ0) is 18.8. The summed E-state index contributed by atoms with van der Waals surface area (Å²) in [4.78, 5) is 14.9. The normalized spacial score (nSPS) is 13.7. The number of benzene rings is 2. The van der Waals surface area contributed by atoms with Gasteiger partial charge in [-0.2, -0.15) is 0 Å². The number of rotatable bonds is 6. The molecule has 0 atom stereocenters. The fourth-order valence-electron chi connectivity index (χ4n) is 3.70. The third-order valence-corrected chi connectivity index (χ3v) is 5.19. The van der Waals surface area contributed by atoms with Gasteiger partial charge in [-0.05, 0) is 36.6 Å². The van der Waals surface area contributed by atoms with Crippen LogP contribution in [-0.4, -0.2) is 31.0 Å². The summed E-state index contributed by atoms with van der Waals surface area (Å²) in [5, 5.41) is 3.92. The van der Waals surface area contributed by atoms with Crippen LogP contribution >= 0.6 is 0 Å². The molecule has 4 rings (SSSR count). The molecule has 0 aliphatic carbocycles. The number of amides is 1. The average Bonchev–Trinajstić information content (AvgIpc) is 3.25. The lowest BCUT2D eigenvalue weighted by Crippen LogP contribution is -2.28. The highest BCUT2D eigenvalue weighted by Crippen LogP contribution is 2.28. The van der Waals surface area contributed by atoms with E-state index in [1.165, 1.54) is 11.1 Å². The van der Waals surface area contributed by atoms with Gasteiger partial charge in [0.05, 0.1) is 7.11 Å². The summed E-state index contributed by atoms with van der Waals surface area (Å²) < 4.78 is 11.0. The molecule has 5 heteroatoms. The van der Waals surface area contributed by atoms with E-state index in [1.54, 1.807) is 7.11 Å². The molecule has 27 heavy (non-hydrogen) atoms. The van der Waals surface area contributed by atoms with E-state index < -0.39 is 0 Å². The maximum absolute atomic E-state index is 12.5. The van der Waals surface area contributed by atoms with Crippen molar-refractivity contribution in [1.82, 2.24) is 10.2 Å². The minimum Gasteiger partial charge on any atom is -0.497 e. The number of aryl methyl sites for hydroxylation is 1. The van der Waals surface area contributed by atoms with Crippen molar-refractivity contribution in [2.24, 2.45) is 0 Å². The largest absolute Gasteiger partial charge is 0.497 e. The Balaban J connectivity index is 1.31. The van der Waals surface area contributed by atoms with E-state index in [9.17, 15) is 4.79 Å². The summed E-state index contributed by atoms with van der Waals surface area (Å²) in [6.07, 6.45) is 0.910. The minimum atomic E-state index is -0.160. The average molecular weight is 364 g/mol. The van der Waals surface area contributed by atoms with Crippen LogP contribution < -0.4 is 10.1 Å². The Hall–Kier alpha value is -2.79. The van der Waals surface area contributed by atoms with Gasteiger partial charge in [0, 0.05) is 43.2 Å². The Morgan fingerprint density at radius 3 is 2.63 bits per heavy atom. The van der Waals surface area contributed by atoms with E-state index in [2.05, 4.69) is 34.5 Å². The van der Waals surface area contributed by atoms with Gasteiger partial charge in [0.25, 0.3) is 5.91 Å². The van der Waals surface area contributed by atoms with Gasteiger partial charge < -0.3 is 14.5 Å². The number of fused-ring (bicyclic) bond motifs is 2. The van der Waals surface area contributed by atoms with E-state index in [4.69, 9.17) is 9.15 Å². The number of carbonyl (C=O) groups is 1. The molecule has 1 aliphatic rings. The second kappa shape index (κ2) is 7.45. The van der Waals surface area contributed by atoms with Crippen molar-refractivity contribution in [3.05, 3.63) is 64.9 Å². The molecule has 0 fully saturated rings. The maximum Gasteiger partial charge on any atom is 0.287 e. The first-order valence-corrected chi connectivity index (χ1v) is 9.30. The third-order valence-electron chi connectivity index (χ3n) is 5.19. The van der Waals surface area contributed by atoms with Gasteiger partial charge >= 0.3 is 0 Å². The molecule has 1 aromatic heterocycles. The van der Waals surface area contributed by atoms with Gasteiger partial charge in [0.15, 0.2) is 5.76 Å². The summed E-state index contributed by atoms with van der Waals surface area (Å²) in [5.41, 5.74) is 4.36. The highest BCUT2D eigenvalue weighted by Gasteiger charge is 2.19. The zero-order valence-corrected chi connectivity index (χ0v) is 15.7. The van der Waals surface area contributed by atoms with Crippen molar-refractivity contribution < 1.29 is 13.9 Å². The quantitative estimate of drug-likeness (QED) is 0.675. The fourth-order valence-corrected chi connectivity index (χ4v) is 3.70. The van der Waals surface area contributed by atoms with Crippen LogP contribution in [0.5, 0.6) is 5.75 Å². The van der Waals surface area contributed by atoms with Gasteiger partial charge in [-0.1, -0.05) is 24.3 Å². The van der Waals surface area contributed by atoms with E-state index in [0.717, 1.165) is 42.8 Å². The second-order valence-corrected chi connectivity index (χ2v) is 7.01. The van der Waals surface area contributed by atoms with Crippen LogP contribution in [0.2, 0.25) is 0 Å². The van der Waals surface area contributed by atoms with Crippen molar-refractivity contribution >= 4 is 16.9 Å². The topological polar surface area (TPSA) is 54.7 Å². The number of hydrogen-bond acceptors (Lipinski definition) is 4. The number of carbonyl (C=O) groups excluding carboxylic acids is 1. The molecule has 0 unspecified atom stereocenters. The van der Waals surface area contributed by atoms with Crippen molar-refractivity contribution in [3.63, 3.8) is 0 Å². The Morgan fingerprint density at radius 1 is 1.19 bits per heavy atom. The SMILES string of the molecule is COc1ccc2c(C)c(C(=O)NCCCN3Cc4ccccc4C3)oc2c1. The van der Waals surface area contributed by atoms with Gasteiger partial charge in [0.1, 0.15) is 11.3 Å². The molecule has 3 aromatic rings.